The van der Waals surface area contributed by atoms with Gasteiger partial charge in [-0.1, -0.05) is 6.92 Å². The number of aliphatic hydroxyl groups excluding tert-OH is 1. The van der Waals surface area contributed by atoms with Crippen molar-refractivity contribution in [2.75, 3.05) is 13.7 Å². The summed E-state index contributed by atoms with van der Waals surface area (Å²) in [6.07, 6.45) is 0.819. The molecule has 2 bridgehead atoms. The highest BCUT2D eigenvalue weighted by atomic mass is 32.2. The summed E-state index contributed by atoms with van der Waals surface area (Å²) in [5, 5.41) is 15.4. The molecule has 8 heteroatoms. The molecule has 0 saturated carbocycles. The van der Waals surface area contributed by atoms with Crippen LogP contribution in [0.5, 0.6) is 0 Å². The minimum Gasteiger partial charge on any atom is -0.394 e. The van der Waals surface area contributed by atoms with Crippen LogP contribution in [0.15, 0.2) is 0 Å². The molecule has 0 aromatic heterocycles. The molecule has 0 aliphatic carbocycles. The topological polar surface area (TPSA) is 98.7 Å². The number of carbonyl (C=O) groups excluding carboxylic acids is 3. The van der Waals surface area contributed by atoms with E-state index in [-0.39, 0.29) is 41.5 Å². The first kappa shape index (κ1) is 19.5. The molecule has 0 aromatic carbocycles. The Morgan fingerprint density at radius 3 is 2.54 bits per heavy atom. The number of carbonyl (C=O) groups is 3. The van der Waals surface area contributed by atoms with Gasteiger partial charge < -0.3 is 20.6 Å². The Balaban J connectivity index is 2.10. The van der Waals surface area contributed by atoms with Crippen molar-refractivity contribution >= 4 is 29.5 Å². The molecule has 3 heterocycles. The average molecular weight is 384 g/mol. The van der Waals surface area contributed by atoms with Crippen molar-refractivity contribution in [2.24, 2.45) is 17.8 Å². The van der Waals surface area contributed by atoms with Gasteiger partial charge in [0.2, 0.25) is 17.7 Å². The Kier molecular flexibility index (Phi) is 5.03. The first-order chi connectivity index (χ1) is 12.2. The second-order valence-corrected chi connectivity index (χ2v) is 9.66. The molecule has 7 nitrogen and oxygen atoms in total. The summed E-state index contributed by atoms with van der Waals surface area (Å²) < 4.78 is -0.610. The van der Waals surface area contributed by atoms with Crippen LogP contribution in [0, 0.1) is 17.8 Å². The first-order valence-electron chi connectivity index (χ1n) is 9.33. The molecule has 146 valence electrons. The SMILES string of the molecule is CNC(=O)[C@@H]1[C@H]2C(=O)N([C@H](C)CO)C(C(=O)NC(C)C)C23S[C@@H]1CC3C. The number of fused-ring (bicyclic) bond motifs is 1. The Bertz CT molecular complexity index is 628. The monoisotopic (exact) mass is 383 g/mol. The molecule has 3 aliphatic heterocycles. The predicted octanol–water partition coefficient (Wildman–Crippen LogP) is -0.0250. The van der Waals surface area contributed by atoms with Crippen molar-refractivity contribution in [3.05, 3.63) is 0 Å². The standard InChI is InChI=1S/C18H29N3O4S/c1-8(2)20-16(24)14-18-9(3)6-11(26-18)12(15(23)19-5)13(18)17(25)21(14)10(4)7-22/h8-14,22H,6-7H2,1-5H3,(H,19,23)(H,20,24)/t9?,10-,11-,12+,13+,14?,18?/m1/s1. The molecule has 3 N–H and O–H groups in total. The third-order valence-electron chi connectivity index (χ3n) is 6.15. The van der Waals surface area contributed by atoms with Crippen molar-refractivity contribution in [3.63, 3.8) is 0 Å². The van der Waals surface area contributed by atoms with E-state index in [1.165, 1.54) is 0 Å². The largest absolute Gasteiger partial charge is 0.394 e. The fourth-order valence-electron chi connectivity index (χ4n) is 5.15. The van der Waals surface area contributed by atoms with Crippen LogP contribution in [-0.2, 0) is 14.4 Å². The van der Waals surface area contributed by atoms with Gasteiger partial charge >= 0.3 is 0 Å². The Morgan fingerprint density at radius 1 is 1.35 bits per heavy atom. The molecule has 3 amide bonds. The van der Waals surface area contributed by atoms with E-state index in [1.807, 2.05) is 13.8 Å². The quantitative estimate of drug-likeness (QED) is 0.620. The second kappa shape index (κ2) is 6.71. The highest BCUT2D eigenvalue weighted by Gasteiger charge is 2.76. The Morgan fingerprint density at radius 2 is 2.00 bits per heavy atom. The van der Waals surface area contributed by atoms with Crippen LogP contribution in [0.1, 0.15) is 34.1 Å². The maximum absolute atomic E-state index is 13.4. The Labute approximate surface area is 158 Å². The van der Waals surface area contributed by atoms with Crippen molar-refractivity contribution < 1.29 is 19.5 Å². The number of nitrogens with one attached hydrogen (secondary N) is 2. The van der Waals surface area contributed by atoms with Gasteiger partial charge in [0.1, 0.15) is 6.04 Å². The number of hydrogen-bond donors (Lipinski definition) is 3. The molecule has 3 fully saturated rings. The van der Waals surface area contributed by atoms with E-state index in [9.17, 15) is 19.5 Å². The molecule has 3 saturated heterocycles. The van der Waals surface area contributed by atoms with Crippen molar-refractivity contribution in [1.82, 2.24) is 15.5 Å². The molecule has 3 aliphatic rings. The number of likely N-dealkylation sites (tertiary alicyclic amines) is 1. The van der Waals surface area contributed by atoms with Crippen LogP contribution >= 0.6 is 11.8 Å². The summed E-state index contributed by atoms with van der Waals surface area (Å²) in [5.74, 6) is -1.28. The van der Waals surface area contributed by atoms with Gasteiger partial charge in [0.15, 0.2) is 0 Å². The van der Waals surface area contributed by atoms with Crippen LogP contribution in [0.4, 0.5) is 0 Å². The molecule has 7 atom stereocenters. The number of rotatable bonds is 5. The van der Waals surface area contributed by atoms with E-state index in [0.29, 0.717) is 0 Å². The highest BCUT2D eigenvalue weighted by molar-refractivity contribution is 8.02. The average Bonchev–Trinajstić information content (AvgIpc) is 3.16. The maximum atomic E-state index is 13.4. The minimum absolute atomic E-state index is 0.0482. The van der Waals surface area contributed by atoms with Gasteiger partial charge in [0.25, 0.3) is 0 Å². The van der Waals surface area contributed by atoms with E-state index < -0.39 is 28.7 Å². The minimum atomic E-state index is -0.663. The van der Waals surface area contributed by atoms with Gasteiger partial charge in [-0.3, -0.25) is 14.4 Å². The molecular weight excluding hydrogens is 354 g/mol. The van der Waals surface area contributed by atoms with Gasteiger partial charge in [-0.25, -0.2) is 0 Å². The van der Waals surface area contributed by atoms with Crippen molar-refractivity contribution in [2.45, 2.75) is 62.2 Å². The number of nitrogens with zero attached hydrogens (tertiary/aromatic N) is 1. The summed E-state index contributed by atoms with van der Waals surface area (Å²) in [7, 11) is 1.59. The fourth-order valence-corrected chi connectivity index (χ4v) is 7.56. The molecule has 1 spiro atoms. The van der Waals surface area contributed by atoms with Crippen LogP contribution in [0.2, 0.25) is 0 Å². The fraction of sp³-hybridized carbons (Fsp3) is 0.833. The maximum Gasteiger partial charge on any atom is 0.244 e. The molecule has 0 aromatic rings. The summed E-state index contributed by atoms with van der Waals surface area (Å²) in [6, 6.07) is -1.18. The molecule has 3 rings (SSSR count). The van der Waals surface area contributed by atoms with E-state index >= 15 is 0 Å². The van der Waals surface area contributed by atoms with Crippen LogP contribution in [0.3, 0.4) is 0 Å². The summed E-state index contributed by atoms with van der Waals surface area (Å²) in [6.45, 7) is 7.39. The molecular formula is C18H29N3O4S. The van der Waals surface area contributed by atoms with Gasteiger partial charge in [-0.15, -0.1) is 11.8 Å². The van der Waals surface area contributed by atoms with Crippen LogP contribution in [0.25, 0.3) is 0 Å². The van der Waals surface area contributed by atoms with Crippen molar-refractivity contribution in [1.29, 1.82) is 0 Å². The smallest absolute Gasteiger partial charge is 0.244 e. The number of thioether (sulfide) groups is 1. The number of amides is 3. The second-order valence-electron chi connectivity index (χ2n) is 8.11. The van der Waals surface area contributed by atoms with Crippen molar-refractivity contribution in [3.8, 4) is 0 Å². The zero-order valence-electron chi connectivity index (χ0n) is 16.0. The zero-order chi connectivity index (χ0) is 19.4. The van der Waals surface area contributed by atoms with E-state index in [1.54, 1.807) is 30.6 Å². The lowest BCUT2D eigenvalue weighted by Crippen LogP contribution is -2.58. The zero-order valence-corrected chi connectivity index (χ0v) is 16.8. The van der Waals surface area contributed by atoms with Gasteiger partial charge in [-0.05, 0) is 33.1 Å². The van der Waals surface area contributed by atoms with Gasteiger partial charge in [0, 0.05) is 18.3 Å². The highest BCUT2D eigenvalue weighted by Crippen LogP contribution is 2.68. The lowest BCUT2D eigenvalue weighted by molar-refractivity contribution is -0.142. The van der Waals surface area contributed by atoms with Crippen LogP contribution in [-0.4, -0.2) is 69.5 Å². The number of aliphatic hydroxyl groups is 1. The summed E-state index contributed by atoms with van der Waals surface area (Å²) in [4.78, 5) is 40.6. The van der Waals surface area contributed by atoms with Gasteiger partial charge in [-0.2, -0.15) is 0 Å². The normalized spacial score (nSPS) is 39.3. The predicted molar refractivity (Wildman–Crippen MR) is 99.4 cm³/mol. The summed E-state index contributed by atoms with van der Waals surface area (Å²) >= 11 is 1.64. The molecule has 3 unspecified atom stereocenters. The van der Waals surface area contributed by atoms with Crippen LogP contribution < -0.4 is 10.6 Å². The summed E-state index contributed by atoms with van der Waals surface area (Å²) in [5.41, 5.74) is 0. The lowest BCUT2D eigenvalue weighted by Gasteiger charge is -2.39. The first-order valence-corrected chi connectivity index (χ1v) is 10.2. The van der Waals surface area contributed by atoms with E-state index in [4.69, 9.17) is 0 Å². The lowest BCUT2D eigenvalue weighted by atomic mass is 9.66. The third-order valence-corrected chi connectivity index (χ3v) is 8.23. The van der Waals surface area contributed by atoms with E-state index in [2.05, 4.69) is 17.6 Å². The third kappa shape index (κ3) is 2.48. The molecule has 0 radical (unpaired) electrons. The number of hydrogen-bond acceptors (Lipinski definition) is 5. The van der Waals surface area contributed by atoms with E-state index in [0.717, 1.165) is 6.42 Å². The van der Waals surface area contributed by atoms with Gasteiger partial charge in [0.05, 0.1) is 29.2 Å². The Hall–Kier alpha value is -1.28. The molecule has 26 heavy (non-hydrogen) atoms.